The highest BCUT2D eigenvalue weighted by Gasteiger charge is 1.99. The molecule has 0 atom stereocenters. The van der Waals surface area contributed by atoms with Gasteiger partial charge in [0.15, 0.2) is 0 Å². The Morgan fingerprint density at radius 1 is 1.17 bits per heavy atom. The minimum atomic E-state index is -0.255. The van der Waals surface area contributed by atoms with Crippen molar-refractivity contribution in [3.05, 3.63) is 48.2 Å². The predicted molar refractivity (Wildman–Crippen MR) is 88.7 cm³/mol. The number of anilines is 1. The van der Waals surface area contributed by atoms with Crippen molar-refractivity contribution in [3.63, 3.8) is 0 Å². The van der Waals surface area contributed by atoms with Crippen LogP contribution in [0.25, 0.3) is 0 Å². The summed E-state index contributed by atoms with van der Waals surface area (Å²) in [4.78, 5) is 4.13. The van der Waals surface area contributed by atoms with Crippen LogP contribution in [0.1, 0.15) is 5.56 Å². The number of methoxy groups -OCH3 is 1. The smallest absolute Gasteiger partial charge is 0.237 e. The number of ether oxygens (including phenoxy) is 2. The highest BCUT2D eigenvalue weighted by atomic mass is 16.5. The Balaban J connectivity index is 1.82. The van der Waals surface area contributed by atoms with E-state index in [2.05, 4.69) is 15.5 Å². The Bertz CT molecular complexity index is 755. The van der Waals surface area contributed by atoms with Crippen LogP contribution < -0.4 is 14.9 Å². The Hall–Kier alpha value is -3.58. The minimum Gasteiger partial charge on any atom is -0.497 e. The average Bonchev–Trinajstić information content (AvgIpc) is 2.64. The molecule has 24 heavy (non-hydrogen) atoms. The van der Waals surface area contributed by atoms with Gasteiger partial charge in [0, 0.05) is 12.5 Å². The molecule has 0 radical (unpaired) electrons. The summed E-state index contributed by atoms with van der Waals surface area (Å²) in [6, 6.07) is 14.5. The molecule has 0 fully saturated rings. The van der Waals surface area contributed by atoms with Gasteiger partial charge in [-0.2, -0.15) is 15.6 Å². The first-order valence-electron chi connectivity index (χ1n) is 7.11. The van der Waals surface area contributed by atoms with Gasteiger partial charge in [0.1, 0.15) is 17.9 Å². The summed E-state index contributed by atoms with van der Waals surface area (Å²) >= 11 is 0. The zero-order chi connectivity index (χ0) is 17.2. The first-order chi connectivity index (χ1) is 11.7. The molecule has 1 heterocycles. The SMILES string of the molecule is COc1ccc(CCOc2ccc(NN=C(C#N)C#N)cn2)cc1. The second-order valence-electron chi connectivity index (χ2n) is 4.63. The van der Waals surface area contributed by atoms with Gasteiger partial charge in [0.2, 0.25) is 11.6 Å². The number of rotatable bonds is 7. The Morgan fingerprint density at radius 3 is 2.50 bits per heavy atom. The molecule has 0 unspecified atom stereocenters. The summed E-state index contributed by atoms with van der Waals surface area (Å²) in [6.07, 6.45) is 2.27. The van der Waals surface area contributed by atoms with Gasteiger partial charge < -0.3 is 9.47 Å². The maximum absolute atomic E-state index is 8.58. The van der Waals surface area contributed by atoms with Gasteiger partial charge in [-0.15, -0.1) is 0 Å². The van der Waals surface area contributed by atoms with Gasteiger partial charge in [-0.3, -0.25) is 5.43 Å². The first-order valence-corrected chi connectivity index (χ1v) is 7.11. The van der Waals surface area contributed by atoms with Gasteiger partial charge in [-0.1, -0.05) is 12.1 Å². The van der Waals surface area contributed by atoms with Gasteiger partial charge in [-0.05, 0) is 23.8 Å². The summed E-state index contributed by atoms with van der Waals surface area (Å²) in [5.74, 6) is 1.31. The summed E-state index contributed by atoms with van der Waals surface area (Å²) in [6.45, 7) is 0.497. The molecule has 0 bridgehead atoms. The van der Waals surface area contributed by atoms with Gasteiger partial charge in [-0.25, -0.2) is 4.98 Å². The number of hydrogen-bond donors (Lipinski definition) is 1. The van der Waals surface area contributed by atoms with E-state index in [4.69, 9.17) is 20.0 Å². The first kappa shape index (κ1) is 16.8. The van der Waals surface area contributed by atoms with Crippen LogP contribution in [0.3, 0.4) is 0 Å². The van der Waals surface area contributed by atoms with Crippen LogP contribution in [-0.4, -0.2) is 24.4 Å². The van der Waals surface area contributed by atoms with Crippen molar-refractivity contribution in [2.75, 3.05) is 19.1 Å². The van der Waals surface area contributed by atoms with Crippen molar-refractivity contribution in [1.82, 2.24) is 4.98 Å². The number of benzene rings is 1. The molecule has 0 aliphatic carbocycles. The molecule has 2 aromatic rings. The topological polar surface area (TPSA) is 103 Å². The molecule has 120 valence electrons. The lowest BCUT2D eigenvalue weighted by molar-refractivity contribution is 0.309. The molecule has 1 N–H and O–H groups in total. The van der Waals surface area contributed by atoms with Crippen LogP contribution >= 0.6 is 0 Å². The molecule has 0 spiro atoms. The van der Waals surface area contributed by atoms with Crippen LogP contribution in [-0.2, 0) is 6.42 Å². The molecule has 0 amide bonds. The quantitative estimate of drug-likeness (QED) is 0.621. The number of pyridine rings is 1. The maximum Gasteiger partial charge on any atom is 0.237 e. The van der Waals surface area contributed by atoms with E-state index in [0.717, 1.165) is 17.7 Å². The monoisotopic (exact) mass is 321 g/mol. The van der Waals surface area contributed by atoms with Crippen molar-refractivity contribution in [3.8, 4) is 23.8 Å². The van der Waals surface area contributed by atoms with Crippen LogP contribution in [0.4, 0.5) is 5.69 Å². The largest absolute Gasteiger partial charge is 0.497 e. The van der Waals surface area contributed by atoms with E-state index in [-0.39, 0.29) is 5.71 Å². The lowest BCUT2D eigenvalue weighted by atomic mass is 10.1. The van der Waals surface area contributed by atoms with Crippen LogP contribution in [0.2, 0.25) is 0 Å². The standard InChI is InChI=1S/C17H15N5O2/c1-23-16-5-2-13(3-6-16)8-9-24-17-7-4-14(12-20-17)21-22-15(10-18)11-19/h2-7,12,21H,8-9H2,1H3. The van der Waals surface area contributed by atoms with Gasteiger partial charge >= 0.3 is 0 Å². The molecule has 7 nitrogen and oxygen atoms in total. The predicted octanol–water partition coefficient (Wildman–Crippen LogP) is 2.53. The number of nitrogens with zero attached hydrogens (tertiary/aromatic N) is 4. The molecule has 0 aliphatic rings. The zero-order valence-corrected chi connectivity index (χ0v) is 13.1. The third-order valence-electron chi connectivity index (χ3n) is 3.04. The number of hydrazone groups is 1. The van der Waals surface area contributed by atoms with Crippen LogP contribution in [0, 0.1) is 22.7 Å². The summed E-state index contributed by atoms with van der Waals surface area (Å²) in [5.41, 5.74) is 4.02. The molecule has 0 saturated carbocycles. The van der Waals surface area contributed by atoms with Crippen molar-refractivity contribution in [2.45, 2.75) is 6.42 Å². The highest BCUT2D eigenvalue weighted by Crippen LogP contribution is 2.14. The molecule has 0 saturated heterocycles. The van der Waals surface area contributed by atoms with E-state index < -0.39 is 0 Å². The molecule has 7 heteroatoms. The van der Waals surface area contributed by atoms with Crippen molar-refractivity contribution in [1.29, 1.82) is 10.5 Å². The second-order valence-corrected chi connectivity index (χ2v) is 4.63. The average molecular weight is 321 g/mol. The lowest BCUT2D eigenvalue weighted by Gasteiger charge is -2.07. The molecule has 2 rings (SSSR count). The van der Waals surface area contributed by atoms with E-state index in [1.807, 2.05) is 24.3 Å². The molecule has 0 aliphatic heterocycles. The maximum atomic E-state index is 8.58. The lowest BCUT2D eigenvalue weighted by Crippen LogP contribution is -2.03. The molecule has 1 aromatic carbocycles. The van der Waals surface area contributed by atoms with Crippen molar-refractivity contribution in [2.24, 2.45) is 5.10 Å². The van der Waals surface area contributed by atoms with Crippen molar-refractivity contribution >= 4 is 11.4 Å². The van der Waals surface area contributed by atoms with Crippen LogP contribution in [0.15, 0.2) is 47.7 Å². The Kier molecular flexibility index (Phi) is 6.13. The second kappa shape index (κ2) is 8.76. The number of nitriles is 2. The normalized spacial score (nSPS) is 9.29. The Morgan fingerprint density at radius 2 is 1.92 bits per heavy atom. The fourth-order valence-corrected chi connectivity index (χ4v) is 1.79. The number of nitrogens with one attached hydrogen (secondary N) is 1. The van der Waals surface area contributed by atoms with Crippen molar-refractivity contribution < 1.29 is 9.47 Å². The molecule has 1 aromatic heterocycles. The zero-order valence-electron chi connectivity index (χ0n) is 13.1. The summed E-state index contributed by atoms with van der Waals surface area (Å²) in [7, 11) is 1.63. The Labute approximate surface area is 139 Å². The third kappa shape index (κ3) is 5.00. The fourth-order valence-electron chi connectivity index (χ4n) is 1.79. The van der Waals surface area contributed by atoms with Gasteiger partial charge in [0.05, 0.1) is 25.6 Å². The van der Waals surface area contributed by atoms with E-state index in [0.29, 0.717) is 18.2 Å². The summed E-state index contributed by atoms with van der Waals surface area (Å²) in [5, 5.41) is 20.8. The fraction of sp³-hybridized carbons (Fsp3) is 0.176. The summed E-state index contributed by atoms with van der Waals surface area (Å²) < 4.78 is 10.7. The molecular weight excluding hydrogens is 306 g/mol. The third-order valence-corrected chi connectivity index (χ3v) is 3.04. The number of aromatic nitrogens is 1. The highest BCUT2D eigenvalue weighted by molar-refractivity contribution is 6.10. The van der Waals surface area contributed by atoms with E-state index in [1.165, 1.54) is 6.20 Å². The van der Waals surface area contributed by atoms with Crippen LogP contribution in [0.5, 0.6) is 11.6 Å². The molecular formula is C17H15N5O2. The number of hydrogen-bond acceptors (Lipinski definition) is 7. The van der Waals surface area contributed by atoms with E-state index in [1.54, 1.807) is 31.4 Å². The van der Waals surface area contributed by atoms with Gasteiger partial charge in [0.25, 0.3) is 0 Å². The minimum absolute atomic E-state index is 0.255. The van der Waals surface area contributed by atoms with E-state index in [9.17, 15) is 0 Å². The van der Waals surface area contributed by atoms with E-state index >= 15 is 0 Å².